The Morgan fingerprint density at radius 2 is 1.87 bits per heavy atom. The fourth-order valence-electron chi connectivity index (χ4n) is 5.09. The second-order valence-electron chi connectivity index (χ2n) is 8.68. The van der Waals surface area contributed by atoms with Gasteiger partial charge in [-0.05, 0) is 44.0 Å². The lowest BCUT2D eigenvalue weighted by Crippen LogP contribution is -2.48. The van der Waals surface area contributed by atoms with E-state index in [4.69, 9.17) is 0 Å². The molecule has 2 aliphatic rings. The van der Waals surface area contributed by atoms with Gasteiger partial charge < -0.3 is 14.8 Å². The van der Waals surface area contributed by atoms with E-state index in [0.717, 1.165) is 73.1 Å². The van der Waals surface area contributed by atoms with Crippen LogP contribution in [0.25, 0.3) is 21.8 Å². The summed E-state index contributed by atoms with van der Waals surface area (Å²) in [6.45, 7) is 8.47. The molecule has 2 aromatic heterocycles. The van der Waals surface area contributed by atoms with Crippen molar-refractivity contribution in [3.05, 3.63) is 39.8 Å². The number of rotatable bonds is 3. The Hall–Kier alpha value is -2.67. The lowest BCUT2D eigenvalue weighted by molar-refractivity contribution is 0.0643. The molecule has 7 heteroatoms. The van der Waals surface area contributed by atoms with Crippen molar-refractivity contribution >= 4 is 27.7 Å². The number of aromatic nitrogens is 3. The van der Waals surface area contributed by atoms with E-state index in [0.29, 0.717) is 11.4 Å². The van der Waals surface area contributed by atoms with Crippen molar-refractivity contribution in [2.75, 3.05) is 32.7 Å². The van der Waals surface area contributed by atoms with Gasteiger partial charge in [0.25, 0.3) is 11.5 Å². The van der Waals surface area contributed by atoms with Crippen LogP contribution >= 0.6 is 0 Å². The van der Waals surface area contributed by atoms with Crippen LogP contribution in [0.1, 0.15) is 54.6 Å². The molecule has 1 saturated heterocycles. The zero-order chi connectivity index (χ0) is 20.8. The number of benzene rings is 1. The Morgan fingerprint density at radius 3 is 2.57 bits per heavy atom. The van der Waals surface area contributed by atoms with Crippen molar-refractivity contribution in [1.82, 2.24) is 24.6 Å². The highest BCUT2D eigenvalue weighted by Gasteiger charge is 2.25. The molecular weight excluding hydrogens is 378 g/mol. The lowest BCUT2D eigenvalue weighted by atomic mass is 10.0. The molecule has 7 nitrogen and oxygen atoms in total. The first-order valence-electron chi connectivity index (χ1n) is 11.1. The van der Waals surface area contributed by atoms with Crippen molar-refractivity contribution < 1.29 is 4.79 Å². The molecule has 0 spiro atoms. The Labute approximate surface area is 175 Å². The zero-order valence-electron chi connectivity index (χ0n) is 17.8. The number of carbonyl (C=O) groups excluding carboxylic acids is 1. The number of hydrogen-bond acceptors (Lipinski definition) is 4. The number of fused-ring (bicyclic) bond motifs is 3. The lowest BCUT2D eigenvalue weighted by Gasteiger charge is -2.34. The van der Waals surface area contributed by atoms with Crippen LogP contribution in [0.3, 0.4) is 0 Å². The number of hydrogen-bond donors (Lipinski definition) is 1. The molecule has 0 bridgehead atoms. The molecule has 1 aliphatic carbocycles. The maximum atomic E-state index is 13.4. The summed E-state index contributed by atoms with van der Waals surface area (Å²) in [6.07, 6.45) is 6.24. The normalized spacial score (nSPS) is 18.7. The van der Waals surface area contributed by atoms with Crippen LogP contribution in [0, 0.1) is 6.92 Å². The first-order chi connectivity index (χ1) is 14.6. The third-order valence-electron chi connectivity index (χ3n) is 6.92. The monoisotopic (exact) mass is 407 g/mol. The van der Waals surface area contributed by atoms with Gasteiger partial charge in [-0.3, -0.25) is 14.3 Å². The van der Waals surface area contributed by atoms with E-state index in [-0.39, 0.29) is 11.5 Å². The van der Waals surface area contributed by atoms with Gasteiger partial charge in [0.05, 0.1) is 28.7 Å². The Balaban J connectivity index is 1.62. The van der Waals surface area contributed by atoms with Crippen molar-refractivity contribution in [1.29, 1.82) is 0 Å². The predicted molar refractivity (Wildman–Crippen MR) is 118 cm³/mol. The highest BCUT2D eigenvalue weighted by atomic mass is 16.2. The van der Waals surface area contributed by atoms with Crippen LogP contribution in [0.2, 0.25) is 0 Å². The average molecular weight is 408 g/mol. The smallest absolute Gasteiger partial charge is 0.259 e. The van der Waals surface area contributed by atoms with Gasteiger partial charge in [0.15, 0.2) is 0 Å². The van der Waals surface area contributed by atoms with E-state index in [1.54, 1.807) is 6.20 Å². The first kappa shape index (κ1) is 19.3. The number of pyridine rings is 1. The average Bonchev–Trinajstić information content (AvgIpc) is 3.43. The second kappa shape index (κ2) is 7.54. The third kappa shape index (κ3) is 3.12. The number of nitrogens with zero attached hydrogens (tertiary/aromatic N) is 4. The van der Waals surface area contributed by atoms with E-state index in [1.165, 1.54) is 12.8 Å². The van der Waals surface area contributed by atoms with Gasteiger partial charge >= 0.3 is 0 Å². The van der Waals surface area contributed by atoms with E-state index in [1.807, 2.05) is 28.6 Å². The van der Waals surface area contributed by atoms with Gasteiger partial charge in [-0.15, -0.1) is 0 Å². The van der Waals surface area contributed by atoms with Gasteiger partial charge in [0, 0.05) is 37.1 Å². The highest BCUT2D eigenvalue weighted by molar-refractivity contribution is 6.07. The second-order valence-corrected chi connectivity index (χ2v) is 8.68. The van der Waals surface area contributed by atoms with E-state index >= 15 is 0 Å². The van der Waals surface area contributed by atoms with E-state index in [9.17, 15) is 9.59 Å². The van der Waals surface area contributed by atoms with Gasteiger partial charge in [-0.2, -0.15) is 5.10 Å². The molecular formula is C23H29N5O2. The molecule has 0 radical (unpaired) electrons. The van der Waals surface area contributed by atoms with Crippen LogP contribution in [0.5, 0.6) is 0 Å². The fraction of sp³-hybridized carbons (Fsp3) is 0.522. The number of amides is 1. The molecule has 1 saturated carbocycles. The minimum atomic E-state index is -0.115. The van der Waals surface area contributed by atoms with Gasteiger partial charge in [0.1, 0.15) is 0 Å². The number of H-pyrrole nitrogens is 1. The maximum Gasteiger partial charge on any atom is 0.259 e. The Bertz CT molecular complexity index is 1160. The molecule has 3 aromatic rings. The van der Waals surface area contributed by atoms with Crippen molar-refractivity contribution in [3.8, 4) is 0 Å². The first-order valence-corrected chi connectivity index (χ1v) is 11.1. The van der Waals surface area contributed by atoms with Gasteiger partial charge in [0.2, 0.25) is 0 Å². The molecule has 0 atom stereocenters. The summed E-state index contributed by atoms with van der Waals surface area (Å²) in [7, 11) is 0. The summed E-state index contributed by atoms with van der Waals surface area (Å²) in [6, 6.07) is 4.25. The van der Waals surface area contributed by atoms with Crippen LogP contribution < -0.4 is 5.56 Å². The van der Waals surface area contributed by atoms with Crippen LogP contribution in [0.15, 0.2) is 23.1 Å². The van der Waals surface area contributed by atoms with Crippen molar-refractivity contribution in [3.63, 3.8) is 0 Å². The number of nitrogens with one attached hydrogen (secondary N) is 1. The topological polar surface area (TPSA) is 74.2 Å². The van der Waals surface area contributed by atoms with Gasteiger partial charge in [-0.1, -0.05) is 19.8 Å². The largest absolute Gasteiger partial charge is 0.336 e. The van der Waals surface area contributed by atoms with Crippen LogP contribution in [-0.2, 0) is 0 Å². The van der Waals surface area contributed by atoms with Crippen molar-refractivity contribution in [2.24, 2.45) is 0 Å². The quantitative estimate of drug-likeness (QED) is 0.724. The third-order valence-corrected chi connectivity index (χ3v) is 6.92. The molecule has 2 fully saturated rings. The highest BCUT2D eigenvalue weighted by Crippen LogP contribution is 2.34. The summed E-state index contributed by atoms with van der Waals surface area (Å²) in [5, 5.41) is 6.11. The zero-order valence-corrected chi connectivity index (χ0v) is 17.8. The molecule has 3 heterocycles. The van der Waals surface area contributed by atoms with E-state index in [2.05, 4.69) is 21.9 Å². The van der Waals surface area contributed by atoms with Gasteiger partial charge in [-0.25, -0.2) is 0 Å². The molecule has 1 amide bonds. The Kier molecular flexibility index (Phi) is 4.85. The Morgan fingerprint density at radius 1 is 1.13 bits per heavy atom. The van der Waals surface area contributed by atoms with Crippen LogP contribution in [-0.4, -0.2) is 63.2 Å². The molecule has 30 heavy (non-hydrogen) atoms. The summed E-state index contributed by atoms with van der Waals surface area (Å²) in [5.41, 5.74) is 3.14. The molecule has 0 unspecified atom stereocenters. The SMILES string of the molecule is CCN1CCN(C(=O)c2cc3c(cc2C)[nH]c(=O)c2cnn(C4CCCC4)c23)CC1. The molecule has 1 N–H and O–H groups in total. The molecule has 1 aromatic carbocycles. The standard InChI is InChI=1S/C23H29N5O2/c1-3-26-8-10-27(11-9-26)23(30)17-13-18-20(12-15(17)2)25-22(29)19-14-24-28(21(18)19)16-6-4-5-7-16/h12-14,16H,3-11H2,1-2H3,(H,25,29). The number of aryl methyl sites for hydroxylation is 1. The minimum Gasteiger partial charge on any atom is -0.336 e. The molecule has 1 aliphatic heterocycles. The maximum absolute atomic E-state index is 13.4. The van der Waals surface area contributed by atoms with Crippen LogP contribution in [0.4, 0.5) is 0 Å². The summed E-state index contributed by atoms with van der Waals surface area (Å²) < 4.78 is 2.03. The number of piperazine rings is 1. The summed E-state index contributed by atoms with van der Waals surface area (Å²) in [5.74, 6) is 0.0800. The fourth-order valence-corrected chi connectivity index (χ4v) is 5.09. The minimum absolute atomic E-state index is 0.0800. The molecule has 5 rings (SSSR count). The van der Waals surface area contributed by atoms with Crippen molar-refractivity contribution in [2.45, 2.75) is 45.6 Å². The number of aromatic amines is 1. The summed E-state index contributed by atoms with van der Waals surface area (Å²) in [4.78, 5) is 33.3. The molecule has 158 valence electrons. The summed E-state index contributed by atoms with van der Waals surface area (Å²) >= 11 is 0. The number of carbonyl (C=O) groups is 1. The predicted octanol–water partition coefficient (Wildman–Crippen LogP) is 3.08. The number of likely N-dealkylation sites (N-methyl/N-ethyl adjacent to an activating group) is 1. The van der Waals surface area contributed by atoms with E-state index < -0.39 is 0 Å².